The molecule has 1 aliphatic carbocycles. The maximum atomic E-state index is 13.4. The maximum absolute atomic E-state index is 13.4. The van der Waals surface area contributed by atoms with E-state index < -0.39 is 23.3 Å². The van der Waals surface area contributed by atoms with Gasteiger partial charge < -0.3 is 15.5 Å². The Balaban J connectivity index is 1.67. The molecular formula is C23H21F3N2O3. The minimum atomic E-state index is -4.57. The molecule has 1 amide bonds. The van der Waals surface area contributed by atoms with E-state index in [1.807, 2.05) is 12.1 Å². The van der Waals surface area contributed by atoms with Gasteiger partial charge >= 0.3 is 11.8 Å². The van der Waals surface area contributed by atoms with Gasteiger partial charge in [0.2, 0.25) is 0 Å². The fourth-order valence-corrected chi connectivity index (χ4v) is 3.67. The molecule has 1 aromatic heterocycles. The molecule has 1 fully saturated rings. The second-order valence-electron chi connectivity index (χ2n) is 7.89. The van der Waals surface area contributed by atoms with Gasteiger partial charge in [-0.15, -0.1) is 0 Å². The predicted octanol–water partition coefficient (Wildman–Crippen LogP) is 4.96. The zero-order valence-corrected chi connectivity index (χ0v) is 16.8. The van der Waals surface area contributed by atoms with Crippen LogP contribution >= 0.6 is 0 Å². The molecule has 3 N–H and O–H groups in total. The first kappa shape index (κ1) is 21.1. The number of carbonyl (C=O) groups is 1. The average molecular weight is 430 g/mol. The number of fused-ring (bicyclic) bond motifs is 1. The Morgan fingerprint density at radius 3 is 2.42 bits per heavy atom. The molecule has 0 saturated heterocycles. The van der Waals surface area contributed by atoms with Crippen molar-refractivity contribution in [1.82, 2.24) is 0 Å². The highest BCUT2D eigenvalue weighted by Crippen LogP contribution is 2.42. The minimum Gasteiger partial charge on any atom is -0.422 e. The molecule has 1 saturated carbocycles. The molecule has 31 heavy (non-hydrogen) atoms. The Kier molecular flexibility index (Phi) is 5.13. The second kappa shape index (κ2) is 7.53. The Hall–Kier alpha value is -3.13. The van der Waals surface area contributed by atoms with Crippen LogP contribution in [0, 0.1) is 0 Å². The molecule has 5 nitrogen and oxygen atoms in total. The van der Waals surface area contributed by atoms with Crippen LogP contribution in [-0.4, -0.2) is 5.91 Å². The first-order valence-electron chi connectivity index (χ1n) is 10.00. The lowest BCUT2D eigenvalue weighted by Crippen LogP contribution is -2.21. The van der Waals surface area contributed by atoms with E-state index in [4.69, 9.17) is 10.2 Å². The summed E-state index contributed by atoms with van der Waals surface area (Å²) in [6.07, 6.45) is -2.22. The Morgan fingerprint density at radius 2 is 1.84 bits per heavy atom. The van der Waals surface area contributed by atoms with E-state index >= 15 is 0 Å². The summed E-state index contributed by atoms with van der Waals surface area (Å²) >= 11 is 0. The third-order valence-electron chi connectivity index (χ3n) is 5.56. The van der Waals surface area contributed by atoms with Crippen molar-refractivity contribution in [2.24, 2.45) is 5.73 Å². The average Bonchev–Trinajstić information content (AvgIpc) is 3.46. The van der Waals surface area contributed by atoms with E-state index in [1.54, 1.807) is 19.1 Å². The Morgan fingerprint density at radius 1 is 1.16 bits per heavy atom. The van der Waals surface area contributed by atoms with Gasteiger partial charge in [0, 0.05) is 22.2 Å². The van der Waals surface area contributed by atoms with Crippen LogP contribution in [-0.2, 0) is 18.1 Å². The van der Waals surface area contributed by atoms with Crippen LogP contribution in [0.25, 0.3) is 11.0 Å². The van der Waals surface area contributed by atoms with Crippen molar-refractivity contribution in [2.45, 2.75) is 44.3 Å². The number of nitrogens with two attached hydrogens (primary N) is 1. The highest BCUT2D eigenvalue weighted by atomic mass is 19.4. The predicted molar refractivity (Wildman–Crippen MR) is 111 cm³/mol. The van der Waals surface area contributed by atoms with Gasteiger partial charge in [0.15, 0.2) is 0 Å². The summed E-state index contributed by atoms with van der Waals surface area (Å²) in [7, 11) is 0. The molecule has 0 atom stereocenters. The number of benzene rings is 2. The van der Waals surface area contributed by atoms with Crippen LogP contribution in [0.4, 0.5) is 18.9 Å². The molecule has 1 aliphatic rings. The van der Waals surface area contributed by atoms with Crippen LogP contribution < -0.4 is 16.7 Å². The van der Waals surface area contributed by atoms with Crippen molar-refractivity contribution in [3.63, 3.8) is 0 Å². The number of carbonyl (C=O) groups excluding carboxylic acids is 1. The molecule has 2 aromatic carbocycles. The number of anilines is 1. The third-order valence-corrected chi connectivity index (χ3v) is 5.56. The molecule has 0 spiro atoms. The third kappa shape index (κ3) is 4.07. The number of hydrogen-bond acceptors (Lipinski definition) is 4. The quantitative estimate of drug-likeness (QED) is 0.560. The van der Waals surface area contributed by atoms with E-state index in [0.29, 0.717) is 12.1 Å². The van der Waals surface area contributed by atoms with E-state index in [2.05, 4.69) is 5.32 Å². The fraction of sp³-hybridized carbons (Fsp3) is 0.304. The number of aryl methyl sites for hydroxylation is 1. The molecule has 162 valence electrons. The first-order chi connectivity index (χ1) is 14.6. The van der Waals surface area contributed by atoms with Gasteiger partial charge in [0.05, 0.1) is 5.56 Å². The molecule has 8 heteroatoms. The summed E-state index contributed by atoms with van der Waals surface area (Å²) in [6, 6.07) is 10.5. The fourth-order valence-electron chi connectivity index (χ4n) is 3.67. The topological polar surface area (TPSA) is 85.3 Å². The van der Waals surface area contributed by atoms with Gasteiger partial charge in [-0.3, -0.25) is 4.79 Å². The second-order valence-corrected chi connectivity index (χ2v) is 7.89. The van der Waals surface area contributed by atoms with Gasteiger partial charge in [0.1, 0.15) is 11.1 Å². The van der Waals surface area contributed by atoms with E-state index in [-0.39, 0.29) is 34.1 Å². The van der Waals surface area contributed by atoms with Gasteiger partial charge in [-0.05, 0) is 49.1 Å². The van der Waals surface area contributed by atoms with Gasteiger partial charge in [0.25, 0.3) is 5.91 Å². The van der Waals surface area contributed by atoms with Gasteiger partial charge in [-0.25, -0.2) is 4.79 Å². The van der Waals surface area contributed by atoms with E-state index in [9.17, 15) is 22.8 Å². The van der Waals surface area contributed by atoms with E-state index in [0.717, 1.165) is 24.5 Å². The molecule has 0 radical (unpaired) electrons. The van der Waals surface area contributed by atoms with Crippen LogP contribution in [0.5, 0.6) is 0 Å². The summed E-state index contributed by atoms with van der Waals surface area (Å²) in [5.41, 5.74) is 4.96. The number of hydrogen-bond donors (Lipinski definition) is 2. The summed E-state index contributed by atoms with van der Waals surface area (Å²) in [6.45, 7) is 1.74. The lowest BCUT2D eigenvalue weighted by molar-refractivity contribution is -0.138. The SMILES string of the molecule is CCCc1c(C(F)(F)F)ccc2cc(C(=O)Nc3ccc(C4(N)CC4)cc3)c(=O)oc12. The van der Waals surface area contributed by atoms with Gasteiger partial charge in [-0.1, -0.05) is 31.5 Å². The number of halogens is 3. The highest BCUT2D eigenvalue weighted by Gasteiger charge is 2.39. The van der Waals surface area contributed by atoms with Crippen molar-refractivity contribution in [2.75, 3.05) is 5.32 Å². The van der Waals surface area contributed by atoms with Crippen LogP contribution in [0.1, 0.15) is 53.2 Å². The van der Waals surface area contributed by atoms with Crippen LogP contribution in [0.15, 0.2) is 51.7 Å². The largest absolute Gasteiger partial charge is 0.422 e. The molecule has 0 aliphatic heterocycles. The van der Waals surface area contributed by atoms with Crippen molar-refractivity contribution in [3.05, 3.63) is 75.1 Å². The van der Waals surface area contributed by atoms with Crippen molar-refractivity contribution in [1.29, 1.82) is 0 Å². The maximum Gasteiger partial charge on any atom is 0.416 e. The zero-order chi connectivity index (χ0) is 22.4. The lowest BCUT2D eigenvalue weighted by Gasteiger charge is -2.14. The standard InChI is InChI=1S/C23H21F3N2O3/c1-2-3-16-18(23(24,25)26)9-4-13-12-17(21(30)31-19(13)16)20(29)28-15-7-5-14(6-8-15)22(27)10-11-22/h4-9,12H,2-3,10-11,27H2,1H3,(H,28,29). The summed E-state index contributed by atoms with van der Waals surface area (Å²) in [5, 5.41) is 2.88. The summed E-state index contributed by atoms with van der Waals surface area (Å²) < 4.78 is 45.3. The van der Waals surface area contributed by atoms with Crippen molar-refractivity contribution < 1.29 is 22.4 Å². The lowest BCUT2D eigenvalue weighted by atomic mass is 9.99. The normalized spacial score (nSPS) is 15.1. The summed E-state index contributed by atoms with van der Waals surface area (Å²) in [4.78, 5) is 25.1. The molecule has 0 bridgehead atoms. The monoisotopic (exact) mass is 430 g/mol. The van der Waals surface area contributed by atoms with Crippen LogP contribution in [0.3, 0.4) is 0 Å². The molecule has 0 unspecified atom stereocenters. The molecule has 4 rings (SSSR count). The van der Waals surface area contributed by atoms with E-state index in [1.165, 1.54) is 12.1 Å². The number of nitrogens with one attached hydrogen (secondary N) is 1. The number of alkyl halides is 3. The van der Waals surface area contributed by atoms with Crippen molar-refractivity contribution >= 4 is 22.6 Å². The smallest absolute Gasteiger partial charge is 0.416 e. The summed E-state index contributed by atoms with van der Waals surface area (Å²) in [5.74, 6) is -0.700. The zero-order valence-electron chi connectivity index (χ0n) is 16.8. The highest BCUT2D eigenvalue weighted by molar-refractivity contribution is 6.05. The van der Waals surface area contributed by atoms with Crippen molar-refractivity contribution in [3.8, 4) is 0 Å². The first-order valence-corrected chi connectivity index (χ1v) is 10.00. The van der Waals surface area contributed by atoms with Crippen LogP contribution in [0.2, 0.25) is 0 Å². The molecule has 1 heterocycles. The molecule has 3 aromatic rings. The molecular weight excluding hydrogens is 409 g/mol. The minimum absolute atomic E-state index is 0.0806. The van der Waals surface area contributed by atoms with Gasteiger partial charge in [-0.2, -0.15) is 13.2 Å². The number of rotatable bonds is 5. The Labute approximate surface area is 176 Å². The Bertz CT molecular complexity index is 1210. The number of amides is 1.